The van der Waals surface area contributed by atoms with Gasteiger partial charge in [0, 0.05) is 0 Å². The molecule has 0 saturated heterocycles. The SMILES string of the molecule is [2H]c1c(-c2nc(-c3c([2H])c([2H])c([2H])c([2H])c3[2H])nc(-c3c([2H])c([2H])c([2H])c([2H])c3[2H])n2)cc(-c2c([2H])c([2H])c([2H])c3c2[se]c2c(-c4c([2H])c([2H])c(-c5c([2H])c([2H])c([2H])c([2H])c5[2H])c([2H])c4[2H])c([2H])c([2H])c([2H])c23)c([2H])c1[2H]. The zero-order chi connectivity index (χ0) is 56.9. The average molecular weight is 719 g/mol. The summed E-state index contributed by atoms with van der Waals surface area (Å²) in [5, 5.41) is -0.572. The van der Waals surface area contributed by atoms with Crippen molar-refractivity contribution in [3.63, 3.8) is 0 Å². The summed E-state index contributed by atoms with van der Waals surface area (Å²) in [6.07, 6.45) is 0. The molecule has 0 radical (unpaired) electrons. The van der Waals surface area contributed by atoms with Crippen LogP contribution in [0.25, 0.3) is 86.8 Å². The molecule has 9 aromatic rings. The van der Waals surface area contributed by atoms with Gasteiger partial charge >= 0.3 is 327 Å². The van der Waals surface area contributed by atoms with Gasteiger partial charge in [-0.3, -0.25) is 0 Å². The van der Waals surface area contributed by atoms with Crippen LogP contribution in [0.5, 0.6) is 0 Å². The second kappa shape index (κ2) is 12.6. The third-order valence-electron chi connectivity index (χ3n) is 7.01. The maximum absolute atomic E-state index is 9.30. The van der Waals surface area contributed by atoms with E-state index in [4.69, 9.17) is 32.9 Å². The van der Waals surface area contributed by atoms with E-state index in [9.17, 15) is 5.48 Å². The van der Waals surface area contributed by atoms with Crippen LogP contribution in [0.4, 0.5) is 0 Å². The Morgan fingerprint density at radius 3 is 1.27 bits per heavy atom. The number of benzene rings is 7. The van der Waals surface area contributed by atoms with Gasteiger partial charge in [-0.15, -0.1) is 0 Å². The Bertz CT molecular complexity index is 4010. The van der Waals surface area contributed by atoms with Gasteiger partial charge in [0.2, 0.25) is 0 Å². The van der Waals surface area contributed by atoms with Crippen molar-refractivity contribution >= 4 is 33.8 Å². The van der Waals surface area contributed by atoms with Crippen LogP contribution in [-0.4, -0.2) is 29.5 Å². The van der Waals surface area contributed by atoms with E-state index in [0.29, 0.717) is 0 Å². The molecule has 0 atom stereocenters. The number of aromatic nitrogens is 3. The molecule has 0 fully saturated rings. The summed E-state index contributed by atoms with van der Waals surface area (Å²) in [7, 11) is 0. The van der Waals surface area contributed by atoms with Crippen LogP contribution in [0, 0.1) is 0 Å². The zero-order valence-corrected chi connectivity index (χ0v) is 26.0. The standard InChI is InChI=1S/C45H29N3Se/c1-4-13-30(14-5-1)31-25-27-32(28-26-31)37-21-11-23-39-40-24-12-22-38(42(40)49-41(37)39)35-19-10-20-36(29-35)45-47-43(33-15-6-2-7-16-33)46-44(48-45)34-17-8-3-9-18-34/h1-29H/i1D,2D,3D,4D,5D,6D,7D,8D,9D,10D,11D,12D,13D,14D,15D,16D,17D,18D,19D,20D,21D,22D,23D,24D,25D,26D,27D,28D. The molecule has 0 amide bonds. The van der Waals surface area contributed by atoms with Crippen LogP contribution >= 0.6 is 0 Å². The minimum atomic E-state index is -1.44. The molecule has 3 nitrogen and oxygen atoms in total. The average Bonchev–Trinajstić information content (AvgIpc) is 3.81. The van der Waals surface area contributed by atoms with E-state index >= 15 is 0 Å². The summed E-state index contributed by atoms with van der Waals surface area (Å²) in [4.78, 5) is 12.9. The van der Waals surface area contributed by atoms with E-state index in [1.54, 1.807) is 0 Å². The Kier molecular flexibility index (Phi) is 3.13. The maximum atomic E-state index is 9.30. The Balaban J connectivity index is 1.39. The third kappa shape index (κ3) is 5.58. The first kappa shape index (κ1) is 12.2. The molecular formula is C45H29N3Se. The molecule has 2 aromatic heterocycles. The van der Waals surface area contributed by atoms with Crippen LogP contribution < -0.4 is 0 Å². The minimum absolute atomic E-state index is 0.0869. The molecule has 0 bridgehead atoms. The molecule has 4 heteroatoms. The van der Waals surface area contributed by atoms with Gasteiger partial charge in [-0.1, -0.05) is 0 Å². The van der Waals surface area contributed by atoms with Crippen molar-refractivity contribution in [3.05, 3.63) is 175 Å². The fourth-order valence-electron chi connectivity index (χ4n) is 4.83. The molecule has 0 aliphatic rings. The second-order valence-electron chi connectivity index (χ2n) is 9.91. The van der Waals surface area contributed by atoms with Crippen molar-refractivity contribution in [1.82, 2.24) is 15.0 Å². The van der Waals surface area contributed by atoms with Gasteiger partial charge in [0.25, 0.3) is 0 Å². The van der Waals surface area contributed by atoms with E-state index in [0.717, 1.165) is 6.07 Å². The van der Waals surface area contributed by atoms with Crippen molar-refractivity contribution in [1.29, 1.82) is 0 Å². The predicted octanol–water partition coefficient (Wildman–Crippen LogP) is 11.2. The van der Waals surface area contributed by atoms with Gasteiger partial charge in [-0.2, -0.15) is 0 Å². The molecular weight excluding hydrogens is 661 g/mol. The molecule has 230 valence electrons. The Morgan fingerprint density at radius 2 is 0.714 bits per heavy atom. The van der Waals surface area contributed by atoms with Crippen molar-refractivity contribution in [2.45, 2.75) is 0 Å². The summed E-state index contributed by atoms with van der Waals surface area (Å²) in [5.41, 5.74) is -5.06. The molecule has 9 rings (SSSR count). The van der Waals surface area contributed by atoms with E-state index < -0.39 is 246 Å². The normalized spacial score (nSPS) is 19.3. The molecule has 0 N–H and O–H groups in total. The van der Waals surface area contributed by atoms with Gasteiger partial charge in [0.1, 0.15) is 0 Å². The first-order chi connectivity index (χ1) is 35.9. The van der Waals surface area contributed by atoms with E-state index in [-0.39, 0.29) is 24.9 Å². The van der Waals surface area contributed by atoms with Crippen molar-refractivity contribution < 1.29 is 38.4 Å². The Hall–Kier alpha value is -5.93. The van der Waals surface area contributed by atoms with E-state index in [2.05, 4.69) is 15.0 Å². The summed E-state index contributed by atoms with van der Waals surface area (Å²) in [5.74, 6) is -2.15. The summed E-state index contributed by atoms with van der Waals surface area (Å²) in [6.45, 7) is 0. The number of fused-ring (bicyclic) bond motifs is 3. The molecule has 0 aliphatic carbocycles. The number of rotatable bonds is 6. The van der Waals surface area contributed by atoms with Crippen LogP contribution in [0.15, 0.2) is 175 Å². The Labute approximate surface area is 330 Å². The van der Waals surface area contributed by atoms with Gasteiger partial charge < -0.3 is 0 Å². The van der Waals surface area contributed by atoms with E-state index in [1.807, 2.05) is 0 Å². The topological polar surface area (TPSA) is 38.7 Å². The molecule has 0 aliphatic heterocycles. The fraction of sp³-hybridized carbons (Fsp3) is 0. The third-order valence-corrected chi connectivity index (χ3v) is 9.58. The van der Waals surface area contributed by atoms with Crippen LogP contribution in [0.3, 0.4) is 0 Å². The predicted molar refractivity (Wildman–Crippen MR) is 204 cm³/mol. The van der Waals surface area contributed by atoms with Gasteiger partial charge in [0.05, 0.1) is 2.74 Å². The van der Waals surface area contributed by atoms with Crippen molar-refractivity contribution in [3.8, 4) is 67.5 Å². The molecule has 7 aromatic carbocycles. The van der Waals surface area contributed by atoms with Crippen molar-refractivity contribution in [2.75, 3.05) is 0 Å². The van der Waals surface area contributed by atoms with Crippen molar-refractivity contribution in [2.24, 2.45) is 0 Å². The molecule has 0 saturated carbocycles. The molecule has 0 spiro atoms. The zero-order valence-electron chi connectivity index (χ0n) is 52.3. The first-order valence-corrected chi connectivity index (χ1v) is 15.8. The number of nitrogens with zero attached hydrogens (tertiary/aromatic N) is 3. The first-order valence-electron chi connectivity index (χ1n) is 28.1. The summed E-state index contributed by atoms with van der Waals surface area (Å²) in [6, 6.07) is -22.2. The second-order valence-corrected chi connectivity index (χ2v) is 12.1. The molecule has 2 heterocycles. The van der Waals surface area contributed by atoms with E-state index in [1.165, 1.54) is 0 Å². The summed E-state index contributed by atoms with van der Waals surface area (Å²) >= 11 is -1.44. The number of hydrogen-bond acceptors (Lipinski definition) is 3. The molecule has 49 heavy (non-hydrogen) atoms. The fourth-order valence-corrected chi connectivity index (χ4v) is 7.42. The van der Waals surface area contributed by atoms with Gasteiger partial charge in [0.15, 0.2) is 0 Å². The quantitative estimate of drug-likeness (QED) is 0.161. The van der Waals surface area contributed by atoms with Gasteiger partial charge in [-0.25, -0.2) is 0 Å². The summed E-state index contributed by atoms with van der Waals surface area (Å²) < 4.78 is 244. The monoisotopic (exact) mass is 719 g/mol. The van der Waals surface area contributed by atoms with Gasteiger partial charge in [-0.05, 0) is 0 Å². The van der Waals surface area contributed by atoms with Crippen LogP contribution in [0.1, 0.15) is 38.4 Å². The number of hydrogen-bond donors (Lipinski definition) is 0. The van der Waals surface area contributed by atoms with Crippen LogP contribution in [-0.2, 0) is 0 Å². The molecule has 0 unspecified atom stereocenters. The Morgan fingerprint density at radius 1 is 0.327 bits per heavy atom. The van der Waals surface area contributed by atoms with Crippen LogP contribution in [0.2, 0.25) is 0 Å².